The molecule has 39 heavy (non-hydrogen) atoms. The maximum absolute atomic E-state index is 14.3. The molecule has 4 N–H and O–H groups in total. The van der Waals surface area contributed by atoms with Crippen LogP contribution >= 0.6 is 11.6 Å². The minimum Gasteiger partial charge on any atom is -0.633 e. The molecule has 10 nitrogen and oxygen atoms in total. The topological polar surface area (TPSA) is 145 Å². The monoisotopic (exact) mass is 566 g/mol. The summed E-state index contributed by atoms with van der Waals surface area (Å²) in [4.78, 5) is 27.3. The van der Waals surface area contributed by atoms with Crippen molar-refractivity contribution >= 4 is 34.5 Å². The number of anilines is 2. The molecule has 0 aromatic heterocycles. The van der Waals surface area contributed by atoms with Crippen LogP contribution in [0.25, 0.3) is 0 Å². The van der Waals surface area contributed by atoms with E-state index in [0.29, 0.717) is 26.2 Å². The van der Waals surface area contributed by atoms with Gasteiger partial charge in [0.1, 0.15) is 0 Å². The molecule has 2 heterocycles. The van der Waals surface area contributed by atoms with Gasteiger partial charge in [0.15, 0.2) is 11.5 Å². The van der Waals surface area contributed by atoms with E-state index in [1.54, 1.807) is 0 Å². The number of fused-ring (bicyclic) bond motifs is 2. The molecule has 13 heteroatoms. The van der Waals surface area contributed by atoms with Crippen molar-refractivity contribution in [2.75, 3.05) is 63.0 Å². The average Bonchev–Trinajstić information content (AvgIpc) is 3.53. The normalized spacial score (nSPS) is 19.2. The van der Waals surface area contributed by atoms with Gasteiger partial charge in [-0.3, -0.25) is 9.59 Å². The Labute approximate surface area is 228 Å². The van der Waals surface area contributed by atoms with E-state index in [1.165, 1.54) is 6.07 Å². The van der Waals surface area contributed by atoms with Crippen LogP contribution in [0.3, 0.4) is 0 Å². The van der Waals surface area contributed by atoms with Crippen LogP contribution in [0.4, 0.5) is 20.2 Å². The van der Waals surface area contributed by atoms with Crippen LogP contribution in [-0.4, -0.2) is 83.4 Å². The van der Waals surface area contributed by atoms with Gasteiger partial charge < -0.3 is 40.6 Å². The summed E-state index contributed by atoms with van der Waals surface area (Å²) in [5.41, 5.74) is -2.28. The smallest absolute Gasteiger partial charge is 0.205 e. The lowest BCUT2D eigenvalue weighted by atomic mass is 9.81. The van der Waals surface area contributed by atoms with Gasteiger partial charge in [-0.15, -0.1) is 0 Å². The molecule has 0 bridgehead atoms. The number of nitrogens with one attached hydrogen (secondary N) is 2. The van der Waals surface area contributed by atoms with E-state index in [-0.39, 0.29) is 53.7 Å². The van der Waals surface area contributed by atoms with Gasteiger partial charge in [0.05, 0.1) is 85.3 Å². The third-order valence-electron chi connectivity index (χ3n) is 7.94. The second kappa shape index (κ2) is 10.2. The number of quaternary nitrogens is 2. The van der Waals surface area contributed by atoms with Crippen LogP contribution in [0, 0.1) is 22.0 Å². The van der Waals surface area contributed by atoms with Crippen molar-refractivity contribution in [3.05, 3.63) is 55.4 Å². The largest absolute Gasteiger partial charge is 0.633 e. The molecule has 2 aromatic carbocycles. The van der Waals surface area contributed by atoms with Crippen LogP contribution in [0.1, 0.15) is 57.5 Å². The zero-order chi connectivity index (χ0) is 28.1. The SMILES string of the molecule is O=C1c2c(NCC[N+]3([O-])CCCC3)cc(Cl)c(NCC[N+]3([O-])CCCC3)c2C(=O)c2c(O)c(F)c(F)c(O)c21. The molecule has 2 aromatic rings. The second-order valence-corrected chi connectivity index (χ2v) is 10.9. The molecule has 0 saturated carbocycles. The maximum atomic E-state index is 14.3. The highest BCUT2D eigenvalue weighted by Crippen LogP contribution is 2.46. The molecule has 0 radical (unpaired) electrons. The van der Waals surface area contributed by atoms with Crippen molar-refractivity contribution < 1.29 is 37.9 Å². The van der Waals surface area contributed by atoms with E-state index in [4.69, 9.17) is 11.6 Å². The lowest BCUT2D eigenvalue weighted by Crippen LogP contribution is -2.42. The maximum Gasteiger partial charge on any atom is 0.205 e. The summed E-state index contributed by atoms with van der Waals surface area (Å²) in [6.45, 7) is 2.41. The highest BCUT2D eigenvalue weighted by Gasteiger charge is 2.42. The Morgan fingerprint density at radius 3 is 1.69 bits per heavy atom. The summed E-state index contributed by atoms with van der Waals surface area (Å²) in [6, 6.07) is 1.37. The number of rotatable bonds is 8. The number of halogens is 3. The molecule has 210 valence electrons. The van der Waals surface area contributed by atoms with Gasteiger partial charge >= 0.3 is 0 Å². The fourth-order valence-corrected chi connectivity index (χ4v) is 6.10. The summed E-state index contributed by atoms with van der Waals surface area (Å²) >= 11 is 6.54. The summed E-state index contributed by atoms with van der Waals surface area (Å²) in [7, 11) is 0. The number of aromatic hydroxyl groups is 2. The number of carbonyl (C=O) groups is 2. The van der Waals surface area contributed by atoms with Gasteiger partial charge in [-0.25, -0.2) is 0 Å². The summed E-state index contributed by atoms with van der Waals surface area (Å²) in [6.07, 6.45) is 3.22. The number of phenols is 2. The Kier molecular flexibility index (Phi) is 7.18. The Morgan fingerprint density at radius 2 is 1.21 bits per heavy atom. The van der Waals surface area contributed by atoms with Gasteiger partial charge in [0, 0.05) is 31.4 Å². The Bertz CT molecular complexity index is 1360. The van der Waals surface area contributed by atoms with Crippen LogP contribution in [0.5, 0.6) is 11.5 Å². The quantitative estimate of drug-likeness (QED) is 0.183. The molecule has 0 amide bonds. The summed E-state index contributed by atoms with van der Waals surface area (Å²) < 4.78 is 27.8. The lowest BCUT2D eigenvalue weighted by Gasteiger charge is -2.39. The average molecular weight is 567 g/mol. The van der Waals surface area contributed by atoms with Crippen molar-refractivity contribution in [2.24, 2.45) is 0 Å². The van der Waals surface area contributed by atoms with Crippen molar-refractivity contribution in [1.82, 2.24) is 0 Å². The van der Waals surface area contributed by atoms with Gasteiger partial charge in [0.2, 0.25) is 23.2 Å². The number of carbonyl (C=O) groups excluding carboxylic acids is 2. The van der Waals surface area contributed by atoms with E-state index >= 15 is 0 Å². The van der Waals surface area contributed by atoms with Crippen LogP contribution in [0.15, 0.2) is 6.07 Å². The Hall–Kier alpha value is -3.03. The van der Waals surface area contributed by atoms with E-state index < -0.39 is 55.1 Å². The minimum atomic E-state index is -1.87. The number of nitrogens with zero attached hydrogens (tertiary/aromatic N) is 2. The zero-order valence-corrected chi connectivity index (χ0v) is 21.9. The fraction of sp³-hybridized carbons (Fsp3) is 0.462. The van der Waals surface area contributed by atoms with Crippen molar-refractivity contribution in [3.63, 3.8) is 0 Å². The van der Waals surface area contributed by atoms with Gasteiger partial charge in [-0.1, -0.05) is 11.6 Å². The molecular formula is C26H29ClF2N4O6. The molecule has 1 aliphatic carbocycles. The predicted molar refractivity (Wildman–Crippen MR) is 140 cm³/mol. The number of hydrogen-bond acceptors (Lipinski definition) is 8. The van der Waals surface area contributed by atoms with Crippen LogP contribution in [-0.2, 0) is 0 Å². The standard InChI is InChI=1S/C26H29ClF2N4O6/c27-14-13-15(30-5-11-32(38)7-1-2-8-32)16-17(22(14)31-6-12-33(39)9-3-4-10-33)24(35)19-18(23(16)34)25(36)20(28)21(29)26(19)37/h13,30-31,36-37H,1-12H2. The number of hydrogen-bond donors (Lipinski definition) is 4. The number of hydroxylamine groups is 6. The van der Waals surface area contributed by atoms with Crippen LogP contribution < -0.4 is 10.6 Å². The second-order valence-electron chi connectivity index (χ2n) is 10.5. The number of benzene rings is 2. The first-order valence-corrected chi connectivity index (χ1v) is 13.3. The Balaban J connectivity index is 1.56. The van der Waals surface area contributed by atoms with Crippen molar-refractivity contribution in [2.45, 2.75) is 25.7 Å². The van der Waals surface area contributed by atoms with Crippen molar-refractivity contribution in [1.29, 1.82) is 0 Å². The first-order chi connectivity index (χ1) is 18.5. The first-order valence-electron chi connectivity index (χ1n) is 13.0. The third kappa shape index (κ3) is 4.80. The molecule has 0 atom stereocenters. The number of phenolic OH excluding ortho intramolecular Hbond substituents is 2. The number of ketones is 2. The molecular weight excluding hydrogens is 538 g/mol. The van der Waals surface area contributed by atoms with Crippen molar-refractivity contribution in [3.8, 4) is 11.5 Å². The van der Waals surface area contributed by atoms with E-state index in [2.05, 4.69) is 10.6 Å². The molecule has 2 fully saturated rings. The van der Waals surface area contributed by atoms with Crippen LogP contribution in [0.2, 0.25) is 5.02 Å². The van der Waals surface area contributed by atoms with Gasteiger partial charge in [-0.05, 0) is 6.07 Å². The van der Waals surface area contributed by atoms with Gasteiger partial charge in [0.25, 0.3) is 0 Å². The predicted octanol–water partition coefficient (Wildman–Crippen LogP) is 3.85. The van der Waals surface area contributed by atoms with Gasteiger partial charge in [-0.2, -0.15) is 8.78 Å². The number of likely N-dealkylation sites (tertiary alicyclic amines) is 2. The highest BCUT2D eigenvalue weighted by molar-refractivity contribution is 6.39. The molecule has 2 saturated heterocycles. The fourth-order valence-electron chi connectivity index (χ4n) is 5.83. The molecule has 0 unspecified atom stereocenters. The highest BCUT2D eigenvalue weighted by atomic mass is 35.5. The minimum absolute atomic E-state index is 0.00166. The Morgan fingerprint density at radius 1 is 0.769 bits per heavy atom. The lowest BCUT2D eigenvalue weighted by molar-refractivity contribution is -0.866. The van der Waals surface area contributed by atoms with E-state index in [1.807, 2.05) is 0 Å². The molecule has 2 aliphatic heterocycles. The molecule has 5 rings (SSSR count). The first kappa shape index (κ1) is 27.5. The van der Waals surface area contributed by atoms with E-state index in [0.717, 1.165) is 25.7 Å². The molecule has 3 aliphatic rings. The summed E-state index contributed by atoms with van der Waals surface area (Å²) in [5, 5.41) is 52.0. The third-order valence-corrected chi connectivity index (χ3v) is 8.24. The summed E-state index contributed by atoms with van der Waals surface area (Å²) in [5.74, 6) is -8.62. The zero-order valence-electron chi connectivity index (χ0n) is 21.1. The molecule has 0 spiro atoms. The van der Waals surface area contributed by atoms with E-state index in [9.17, 15) is 39.0 Å².